The van der Waals surface area contributed by atoms with Gasteiger partial charge in [-0.05, 0) is 24.6 Å². The summed E-state index contributed by atoms with van der Waals surface area (Å²) in [4.78, 5) is 0. The summed E-state index contributed by atoms with van der Waals surface area (Å²) in [6.07, 6.45) is 0. The molecule has 74 valence electrons. The average molecular weight is 191 g/mol. The van der Waals surface area contributed by atoms with E-state index in [9.17, 15) is 0 Å². The summed E-state index contributed by atoms with van der Waals surface area (Å²) < 4.78 is 5.25. The number of hydrogen-bond donors (Lipinski definition) is 2. The van der Waals surface area contributed by atoms with Gasteiger partial charge in [-0.3, -0.25) is 5.10 Å². The standard InChI is InChI=1S/C10H13N3O/c1-6-8-3-7(5-11)4-9(14-2)10(8)13-12-6/h3-4H,5,11H2,1-2H3,(H,12,13). The highest BCUT2D eigenvalue weighted by Crippen LogP contribution is 2.27. The Morgan fingerprint density at radius 1 is 1.50 bits per heavy atom. The van der Waals surface area contributed by atoms with Gasteiger partial charge in [0.2, 0.25) is 0 Å². The van der Waals surface area contributed by atoms with Crippen LogP contribution >= 0.6 is 0 Å². The van der Waals surface area contributed by atoms with E-state index < -0.39 is 0 Å². The molecule has 2 aromatic rings. The number of fused-ring (bicyclic) bond motifs is 1. The zero-order valence-electron chi connectivity index (χ0n) is 8.29. The Morgan fingerprint density at radius 3 is 2.93 bits per heavy atom. The minimum Gasteiger partial charge on any atom is -0.494 e. The number of nitrogens with zero attached hydrogens (tertiary/aromatic N) is 1. The number of hydrogen-bond acceptors (Lipinski definition) is 3. The van der Waals surface area contributed by atoms with Gasteiger partial charge in [0.25, 0.3) is 0 Å². The Hall–Kier alpha value is -1.55. The number of aromatic amines is 1. The van der Waals surface area contributed by atoms with Crippen molar-refractivity contribution in [3.63, 3.8) is 0 Å². The number of aryl methyl sites for hydroxylation is 1. The second kappa shape index (κ2) is 3.31. The maximum atomic E-state index is 5.60. The van der Waals surface area contributed by atoms with Gasteiger partial charge in [0, 0.05) is 17.6 Å². The third-order valence-corrected chi connectivity index (χ3v) is 2.33. The number of ether oxygens (including phenoxy) is 1. The van der Waals surface area contributed by atoms with Crippen molar-refractivity contribution < 1.29 is 4.74 Å². The van der Waals surface area contributed by atoms with Crippen LogP contribution in [0.4, 0.5) is 0 Å². The van der Waals surface area contributed by atoms with Crippen LogP contribution in [0.3, 0.4) is 0 Å². The summed E-state index contributed by atoms with van der Waals surface area (Å²) >= 11 is 0. The van der Waals surface area contributed by atoms with Gasteiger partial charge in [-0.1, -0.05) is 0 Å². The largest absolute Gasteiger partial charge is 0.494 e. The predicted octanol–water partition coefficient (Wildman–Crippen LogP) is 1.34. The maximum Gasteiger partial charge on any atom is 0.147 e. The molecule has 3 N–H and O–H groups in total. The molecule has 4 heteroatoms. The van der Waals surface area contributed by atoms with Crippen molar-refractivity contribution in [1.29, 1.82) is 0 Å². The van der Waals surface area contributed by atoms with Crippen LogP contribution in [0.15, 0.2) is 12.1 Å². The molecule has 0 aliphatic carbocycles. The number of benzene rings is 1. The molecule has 0 aliphatic heterocycles. The lowest BCUT2D eigenvalue weighted by Crippen LogP contribution is -1.97. The van der Waals surface area contributed by atoms with Gasteiger partial charge >= 0.3 is 0 Å². The number of aromatic nitrogens is 2. The third kappa shape index (κ3) is 1.24. The number of nitrogens with one attached hydrogen (secondary N) is 1. The monoisotopic (exact) mass is 191 g/mol. The van der Waals surface area contributed by atoms with E-state index in [2.05, 4.69) is 10.2 Å². The van der Waals surface area contributed by atoms with Gasteiger partial charge in [0.15, 0.2) is 0 Å². The van der Waals surface area contributed by atoms with Crippen LogP contribution in [0.5, 0.6) is 5.75 Å². The normalized spacial score (nSPS) is 10.8. The highest BCUT2D eigenvalue weighted by molar-refractivity contribution is 5.87. The summed E-state index contributed by atoms with van der Waals surface area (Å²) in [5, 5.41) is 8.18. The van der Waals surface area contributed by atoms with Crippen LogP contribution < -0.4 is 10.5 Å². The van der Waals surface area contributed by atoms with Gasteiger partial charge in [0.1, 0.15) is 11.3 Å². The fourth-order valence-electron chi connectivity index (χ4n) is 1.54. The van der Waals surface area contributed by atoms with Crippen molar-refractivity contribution in [3.8, 4) is 5.75 Å². The number of nitrogens with two attached hydrogens (primary N) is 1. The van der Waals surface area contributed by atoms with Crippen LogP contribution in [0.1, 0.15) is 11.3 Å². The van der Waals surface area contributed by atoms with Crippen LogP contribution in [0.2, 0.25) is 0 Å². The summed E-state index contributed by atoms with van der Waals surface area (Å²) in [5.74, 6) is 0.771. The summed E-state index contributed by atoms with van der Waals surface area (Å²) in [6, 6.07) is 3.96. The topological polar surface area (TPSA) is 63.9 Å². The molecule has 0 radical (unpaired) electrons. The molecular weight excluding hydrogens is 178 g/mol. The minimum atomic E-state index is 0.511. The molecule has 1 aromatic carbocycles. The van der Waals surface area contributed by atoms with Gasteiger partial charge in [-0.2, -0.15) is 5.10 Å². The zero-order valence-corrected chi connectivity index (χ0v) is 8.29. The fourth-order valence-corrected chi connectivity index (χ4v) is 1.54. The highest BCUT2D eigenvalue weighted by Gasteiger charge is 2.08. The Bertz CT molecular complexity index is 462. The molecule has 0 saturated carbocycles. The molecule has 0 bridgehead atoms. The Labute approximate surface area is 82.1 Å². The molecule has 0 fully saturated rings. The van der Waals surface area contributed by atoms with E-state index in [4.69, 9.17) is 10.5 Å². The summed E-state index contributed by atoms with van der Waals surface area (Å²) in [6.45, 7) is 2.49. The van der Waals surface area contributed by atoms with E-state index >= 15 is 0 Å². The van der Waals surface area contributed by atoms with Crippen LogP contribution in [-0.4, -0.2) is 17.3 Å². The lowest BCUT2D eigenvalue weighted by molar-refractivity contribution is 0.418. The molecule has 14 heavy (non-hydrogen) atoms. The van der Waals surface area contributed by atoms with Crippen molar-refractivity contribution in [2.45, 2.75) is 13.5 Å². The predicted molar refractivity (Wildman–Crippen MR) is 55.3 cm³/mol. The molecule has 2 rings (SSSR count). The third-order valence-electron chi connectivity index (χ3n) is 2.33. The first-order valence-electron chi connectivity index (χ1n) is 4.48. The Balaban J connectivity index is 2.76. The second-order valence-electron chi connectivity index (χ2n) is 3.25. The number of methoxy groups -OCH3 is 1. The average Bonchev–Trinajstić information content (AvgIpc) is 2.59. The Morgan fingerprint density at radius 2 is 2.29 bits per heavy atom. The quantitative estimate of drug-likeness (QED) is 0.752. The summed E-state index contributed by atoms with van der Waals surface area (Å²) in [7, 11) is 1.64. The highest BCUT2D eigenvalue weighted by atomic mass is 16.5. The first-order valence-corrected chi connectivity index (χ1v) is 4.48. The van der Waals surface area contributed by atoms with Crippen molar-refractivity contribution >= 4 is 10.9 Å². The second-order valence-corrected chi connectivity index (χ2v) is 3.25. The van der Waals surface area contributed by atoms with E-state index in [1.54, 1.807) is 7.11 Å². The van der Waals surface area contributed by atoms with Crippen molar-refractivity contribution in [1.82, 2.24) is 10.2 Å². The first kappa shape index (κ1) is 9.02. The van der Waals surface area contributed by atoms with Gasteiger partial charge < -0.3 is 10.5 Å². The molecule has 0 amide bonds. The van der Waals surface area contributed by atoms with E-state index in [0.29, 0.717) is 6.54 Å². The molecule has 0 atom stereocenters. The molecule has 0 aliphatic rings. The molecule has 0 unspecified atom stereocenters. The molecule has 0 saturated heterocycles. The maximum absolute atomic E-state index is 5.60. The summed E-state index contributed by atoms with van der Waals surface area (Å²) in [5.41, 5.74) is 8.55. The first-order chi connectivity index (χ1) is 6.76. The van der Waals surface area contributed by atoms with Crippen LogP contribution in [0, 0.1) is 6.92 Å². The zero-order chi connectivity index (χ0) is 10.1. The molecule has 4 nitrogen and oxygen atoms in total. The lowest BCUT2D eigenvalue weighted by atomic mass is 10.1. The van der Waals surface area contributed by atoms with E-state index in [1.165, 1.54) is 0 Å². The minimum absolute atomic E-state index is 0.511. The van der Waals surface area contributed by atoms with Crippen LogP contribution in [0.25, 0.3) is 10.9 Å². The molecular formula is C10H13N3O. The van der Waals surface area contributed by atoms with Crippen molar-refractivity contribution in [3.05, 3.63) is 23.4 Å². The van der Waals surface area contributed by atoms with Crippen LogP contribution in [-0.2, 0) is 6.54 Å². The van der Waals surface area contributed by atoms with Gasteiger partial charge in [-0.25, -0.2) is 0 Å². The molecule has 0 spiro atoms. The van der Waals surface area contributed by atoms with Gasteiger partial charge in [0.05, 0.1) is 7.11 Å². The smallest absolute Gasteiger partial charge is 0.147 e. The molecule has 1 heterocycles. The van der Waals surface area contributed by atoms with Crippen molar-refractivity contribution in [2.75, 3.05) is 7.11 Å². The van der Waals surface area contributed by atoms with Crippen molar-refractivity contribution in [2.24, 2.45) is 5.73 Å². The SMILES string of the molecule is COc1cc(CN)cc2c(C)[nH]nc12. The van der Waals surface area contributed by atoms with Gasteiger partial charge in [-0.15, -0.1) is 0 Å². The van der Waals surface area contributed by atoms with E-state index in [0.717, 1.165) is 27.9 Å². The van der Waals surface area contributed by atoms with E-state index in [-0.39, 0.29) is 0 Å². The number of H-pyrrole nitrogens is 1. The van der Waals surface area contributed by atoms with E-state index in [1.807, 2.05) is 19.1 Å². The lowest BCUT2D eigenvalue weighted by Gasteiger charge is -2.03. The fraction of sp³-hybridized carbons (Fsp3) is 0.300. The molecule has 1 aromatic heterocycles. The Kier molecular flexibility index (Phi) is 2.13. The number of rotatable bonds is 2.